The number of halogens is 1. The van der Waals surface area contributed by atoms with Crippen LogP contribution < -0.4 is 0 Å². The largest absolute Gasteiger partial charge is 0.457 e. The highest BCUT2D eigenvalue weighted by Crippen LogP contribution is 2.17. The highest BCUT2D eigenvalue weighted by molar-refractivity contribution is 6.30. The second kappa shape index (κ2) is 8.11. The van der Waals surface area contributed by atoms with Crippen LogP contribution in [0, 0.1) is 0 Å². The molecule has 3 rings (SSSR count). The average molecular weight is 363 g/mol. The summed E-state index contributed by atoms with van der Waals surface area (Å²) in [6.07, 6.45) is -1.66. The molecule has 1 aliphatic heterocycles. The van der Waals surface area contributed by atoms with Gasteiger partial charge in [0.1, 0.15) is 13.2 Å². The topological polar surface area (TPSA) is 71.1 Å². The molecule has 0 saturated carbocycles. The van der Waals surface area contributed by atoms with Crippen LogP contribution in [-0.2, 0) is 18.9 Å². The van der Waals surface area contributed by atoms with Gasteiger partial charge in [0.25, 0.3) is 0 Å². The quantitative estimate of drug-likeness (QED) is 0.761. The summed E-state index contributed by atoms with van der Waals surface area (Å²) in [5.41, 5.74) is 0.750. The summed E-state index contributed by atoms with van der Waals surface area (Å²) in [5, 5.41) is 0.434. The molecule has 6 nitrogen and oxygen atoms in total. The van der Waals surface area contributed by atoms with E-state index in [1.54, 1.807) is 48.5 Å². The third-order valence-electron chi connectivity index (χ3n) is 3.38. The van der Waals surface area contributed by atoms with Gasteiger partial charge in [0.15, 0.2) is 6.29 Å². The van der Waals surface area contributed by atoms with Gasteiger partial charge in [0.2, 0.25) is 6.29 Å². The third kappa shape index (κ3) is 4.79. The molecule has 2 aromatic rings. The van der Waals surface area contributed by atoms with Crippen LogP contribution in [0.4, 0.5) is 0 Å². The molecule has 0 spiro atoms. The minimum absolute atomic E-state index is 0.0554. The summed E-state index contributed by atoms with van der Waals surface area (Å²) < 4.78 is 21.0. The van der Waals surface area contributed by atoms with Crippen LogP contribution in [-0.4, -0.2) is 37.7 Å². The van der Waals surface area contributed by atoms with Crippen molar-refractivity contribution < 1.29 is 28.5 Å². The fourth-order valence-electron chi connectivity index (χ4n) is 2.19. The Morgan fingerprint density at radius 1 is 1.04 bits per heavy atom. The second-order valence-corrected chi connectivity index (χ2v) is 5.65. The van der Waals surface area contributed by atoms with Crippen LogP contribution in [0.15, 0.2) is 54.6 Å². The predicted octanol–water partition coefficient (Wildman–Crippen LogP) is 3.05. The molecule has 130 valence electrons. The van der Waals surface area contributed by atoms with Gasteiger partial charge in [-0.1, -0.05) is 35.9 Å². The van der Waals surface area contributed by atoms with E-state index in [2.05, 4.69) is 0 Å². The van der Waals surface area contributed by atoms with Crippen LogP contribution in [0.1, 0.15) is 20.7 Å². The zero-order valence-electron chi connectivity index (χ0n) is 13.1. The summed E-state index contributed by atoms with van der Waals surface area (Å²) in [6.45, 7) is -0.0429. The minimum atomic E-state index is -0.869. The van der Waals surface area contributed by atoms with Crippen molar-refractivity contribution in [3.63, 3.8) is 0 Å². The van der Waals surface area contributed by atoms with Crippen molar-refractivity contribution in [2.45, 2.75) is 12.6 Å². The first-order chi connectivity index (χ1) is 12.1. The molecule has 0 radical (unpaired) electrons. The fourth-order valence-corrected chi connectivity index (χ4v) is 2.38. The van der Waals surface area contributed by atoms with Crippen LogP contribution in [0.25, 0.3) is 0 Å². The Morgan fingerprint density at radius 2 is 1.80 bits per heavy atom. The van der Waals surface area contributed by atoms with Crippen molar-refractivity contribution in [3.05, 3.63) is 70.7 Å². The number of hydrogen-bond donors (Lipinski definition) is 0. The lowest BCUT2D eigenvalue weighted by atomic mass is 10.2. The first-order valence-electron chi connectivity index (χ1n) is 7.57. The smallest absolute Gasteiger partial charge is 0.340 e. The lowest BCUT2D eigenvalue weighted by molar-refractivity contribution is -0.137. The van der Waals surface area contributed by atoms with Gasteiger partial charge >= 0.3 is 11.9 Å². The van der Waals surface area contributed by atoms with Crippen molar-refractivity contribution in [3.8, 4) is 0 Å². The first-order valence-corrected chi connectivity index (χ1v) is 7.95. The van der Waals surface area contributed by atoms with E-state index in [1.807, 2.05) is 0 Å². The van der Waals surface area contributed by atoms with E-state index in [9.17, 15) is 9.59 Å². The van der Waals surface area contributed by atoms with Gasteiger partial charge in [0.05, 0.1) is 11.1 Å². The summed E-state index contributed by atoms with van der Waals surface area (Å²) in [5.74, 6) is -1.05. The number of esters is 2. The van der Waals surface area contributed by atoms with Gasteiger partial charge in [-0.25, -0.2) is 9.59 Å². The Hall–Kier alpha value is -2.41. The van der Waals surface area contributed by atoms with Crippen molar-refractivity contribution >= 4 is 23.5 Å². The van der Waals surface area contributed by atoms with E-state index in [0.29, 0.717) is 16.1 Å². The van der Waals surface area contributed by atoms with E-state index in [4.69, 9.17) is 30.5 Å². The number of hydrogen-bond acceptors (Lipinski definition) is 6. The molecule has 0 amide bonds. The van der Waals surface area contributed by atoms with Crippen molar-refractivity contribution in [1.82, 2.24) is 0 Å². The predicted molar refractivity (Wildman–Crippen MR) is 88.2 cm³/mol. The molecule has 0 N–H and O–H groups in total. The number of rotatable bonds is 5. The lowest BCUT2D eigenvalue weighted by Crippen LogP contribution is -2.23. The van der Waals surface area contributed by atoms with Gasteiger partial charge in [-0.2, -0.15) is 0 Å². The van der Waals surface area contributed by atoms with Crippen LogP contribution in [0.2, 0.25) is 5.02 Å². The average Bonchev–Trinajstić information content (AvgIpc) is 3.08. The van der Waals surface area contributed by atoms with Gasteiger partial charge in [0, 0.05) is 5.02 Å². The normalized spacial score (nSPS) is 19.4. The second-order valence-electron chi connectivity index (χ2n) is 5.21. The molecule has 0 aliphatic carbocycles. The van der Waals surface area contributed by atoms with E-state index in [0.717, 1.165) is 0 Å². The number of carbonyl (C=O) groups excluding carboxylic acids is 2. The lowest BCUT2D eigenvalue weighted by Gasteiger charge is -2.12. The Bertz CT molecular complexity index is 748. The maximum absolute atomic E-state index is 12.0. The summed E-state index contributed by atoms with van der Waals surface area (Å²) in [4.78, 5) is 23.9. The fraction of sp³-hybridized carbons (Fsp3) is 0.222. The number of carbonyl (C=O) groups is 2. The third-order valence-corrected chi connectivity index (χ3v) is 3.62. The van der Waals surface area contributed by atoms with Gasteiger partial charge in [-0.05, 0) is 30.3 Å². The summed E-state index contributed by atoms with van der Waals surface area (Å²) in [6, 6.07) is 15.0. The summed E-state index contributed by atoms with van der Waals surface area (Å²) in [7, 11) is 0. The van der Waals surface area contributed by atoms with Crippen molar-refractivity contribution in [2.75, 3.05) is 13.2 Å². The maximum atomic E-state index is 12.0. The molecule has 2 atom stereocenters. The van der Waals surface area contributed by atoms with Crippen LogP contribution in [0.5, 0.6) is 0 Å². The monoisotopic (exact) mass is 362 g/mol. The Morgan fingerprint density at radius 3 is 2.56 bits per heavy atom. The zero-order chi connectivity index (χ0) is 17.6. The van der Waals surface area contributed by atoms with Gasteiger partial charge in [-0.3, -0.25) is 0 Å². The standard InChI is InChI=1S/C18H15ClO6/c19-14-8-4-7-13(9-14)18(21)25-16-11-22-15(24-16)10-23-17(20)12-5-2-1-3-6-12/h1-9,15-16H,10-11H2/t15-,16-/m1/s1. The Kier molecular flexibility index (Phi) is 5.65. The van der Waals surface area contributed by atoms with Crippen LogP contribution in [0.3, 0.4) is 0 Å². The molecular weight excluding hydrogens is 348 g/mol. The molecule has 25 heavy (non-hydrogen) atoms. The van der Waals surface area contributed by atoms with E-state index in [-0.39, 0.29) is 13.2 Å². The molecule has 1 heterocycles. The minimum Gasteiger partial charge on any atom is -0.457 e. The maximum Gasteiger partial charge on any atom is 0.340 e. The molecule has 1 saturated heterocycles. The molecule has 2 aromatic carbocycles. The van der Waals surface area contributed by atoms with Gasteiger partial charge < -0.3 is 18.9 Å². The van der Waals surface area contributed by atoms with E-state index in [1.165, 1.54) is 6.07 Å². The Balaban J connectivity index is 1.46. The molecule has 0 bridgehead atoms. The van der Waals surface area contributed by atoms with Gasteiger partial charge in [-0.15, -0.1) is 0 Å². The molecule has 1 aliphatic rings. The van der Waals surface area contributed by atoms with E-state index < -0.39 is 24.5 Å². The van der Waals surface area contributed by atoms with Crippen molar-refractivity contribution in [1.29, 1.82) is 0 Å². The van der Waals surface area contributed by atoms with Crippen LogP contribution >= 0.6 is 11.6 Å². The molecule has 0 unspecified atom stereocenters. The first kappa shape index (κ1) is 17.4. The molecule has 7 heteroatoms. The SMILES string of the molecule is O=C(OC[C@@H]1OC[C@@H](OC(=O)c2cccc(Cl)c2)O1)c1ccccc1. The Labute approximate surface area is 149 Å². The molecule has 0 aromatic heterocycles. The molecule has 1 fully saturated rings. The number of ether oxygens (including phenoxy) is 4. The highest BCUT2D eigenvalue weighted by Gasteiger charge is 2.30. The summed E-state index contributed by atoms with van der Waals surface area (Å²) >= 11 is 5.84. The molecular formula is C18H15ClO6. The zero-order valence-corrected chi connectivity index (χ0v) is 13.8. The highest BCUT2D eigenvalue weighted by atomic mass is 35.5. The van der Waals surface area contributed by atoms with Crippen molar-refractivity contribution in [2.24, 2.45) is 0 Å². The number of benzene rings is 2. The van der Waals surface area contributed by atoms with E-state index >= 15 is 0 Å².